The maximum absolute atomic E-state index is 5.69. The standard InChI is InChI=1S/2C20H30N4.4HI/c2*21-19-9-15-23(16-10-19)13-7-5-3-1-2-4-6-8-14-24-17-11-20(22)12-18-24;;;;/h2*9-12,15-18,21-22H,1-8,13-14H2;4*1H. The highest BCUT2D eigenvalue weighted by atomic mass is 127. The van der Waals surface area contributed by atoms with E-state index in [4.69, 9.17) is 22.9 Å². The van der Waals surface area contributed by atoms with Gasteiger partial charge in [-0.3, -0.25) is 0 Å². The number of nitrogens with zero attached hydrogens (tertiary/aromatic N) is 4. The van der Waals surface area contributed by atoms with Crippen molar-refractivity contribution in [3.8, 4) is 0 Å². The van der Waals surface area contributed by atoms with Crippen LogP contribution in [-0.2, 0) is 26.2 Å². The fourth-order valence-corrected chi connectivity index (χ4v) is 5.77. The second kappa shape index (κ2) is 34.2. The van der Waals surface area contributed by atoms with Crippen LogP contribution in [0.1, 0.15) is 103 Å². The fourth-order valence-electron chi connectivity index (χ4n) is 5.77. The molecule has 4 aromatic rings. The third kappa shape index (κ3) is 26.5. The molecule has 0 unspecified atom stereocenters. The summed E-state index contributed by atoms with van der Waals surface area (Å²) in [6.45, 7) is 4.39. The van der Waals surface area contributed by atoms with Crippen LogP contribution in [0.25, 0.3) is 0 Å². The highest BCUT2D eigenvalue weighted by molar-refractivity contribution is 5.33. The highest BCUT2D eigenvalue weighted by Crippen LogP contribution is 2.10. The Morgan fingerprint density at radius 1 is 0.250 bits per heavy atom. The van der Waals surface area contributed by atoms with Crippen LogP contribution in [0.2, 0.25) is 0 Å². The molecule has 0 aliphatic rings. The van der Waals surface area contributed by atoms with Crippen molar-refractivity contribution in [1.29, 1.82) is 0 Å². The number of anilines is 4. The first-order valence-electron chi connectivity index (χ1n) is 18.5. The van der Waals surface area contributed by atoms with Crippen LogP contribution in [0.15, 0.2) is 98.1 Å². The molecule has 0 radical (unpaired) electrons. The molecule has 0 spiro atoms. The van der Waals surface area contributed by atoms with Gasteiger partial charge in [0.25, 0.3) is 0 Å². The van der Waals surface area contributed by atoms with Crippen LogP contribution in [0.3, 0.4) is 0 Å². The Labute approximate surface area is 383 Å². The number of unbranched alkanes of at least 4 members (excludes halogenated alkanes) is 14. The number of aryl methyl sites for hydroxylation is 4. The smallest absolute Gasteiger partial charge is 0.170 e. The van der Waals surface area contributed by atoms with E-state index in [2.05, 4.69) is 67.8 Å². The van der Waals surface area contributed by atoms with Crippen LogP contribution in [-0.4, -0.2) is 0 Å². The molecule has 12 heteroatoms. The van der Waals surface area contributed by atoms with Gasteiger partial charge in [0.15, 0.2) is 49.6 Å². The van der Waals surface area contributed by atoms with Gasteiger partial charge in [-0.15, -0.1) is 0 Å². The van der Waals surface area contributed by atoms with Gasteiger partial charge in [0.1, 0.15) is 26.2 Å². The second-order valence-electron chi connectivity index (χ2n) is 13.1. The minimum absolute atomic E-state index is 0. The molecule has 0 saturated heterocycles. The summed E-state index contributed by atoms with van der Waals surface area (Å²) >= 11 is 0. The van der Waals surface area contributed by atoms with Gasteiger partial charge in [-0.05, 0) is 25.7 Å². The summed E-state index contributed by atoms with van der Waals surface area (Å²) in [6.07, 6.45) is 37.6. The Balaban J connectivity index is 0. The van der Waals surface area contributed by atoms with Gasteiger partial charge in [-0.25, -0.2) is 18.3 Å². The summed E-state index contributed by atoms with van der Waals surface area (Å²) in [5, 5.41) is 0. The predicted molar refractivity (Wildman–Crippen MR) is 198 cm³/mol. The molecule has 0 atom stereocenters. The van der Waals surface area contributed by atoms with Crippen molar-refractivity contribution >= 4 is 22.7 Å². The summed E-state index contributed by atoms with van der Waals surface area (Å²) in [4.78, 5) is 0. The molecule has 0 saturated carbocycles. The molecule has 4 rings (SSSR count). The minimum Gasteiger partial charge on any atom is -1.00 e. The molecule has 0 bridgehead atoms. The normalized spacial score (nSPS) is 10.0. The Bertz CT molecular complexity index is 1150. The zero-order valence-electron chi connectivity index (χ0n) is 31.0. The maximum atomic E-state index is 5.69. The zero-order valence-corrected chi connectivity index (χ0v) is 39.6. The fraction of sp³-hybridized carbons (Fsp3) is 0.500. The summed E-state index contributed by atoms with van der Waals surface area (Å²) in [5.74, 6) is 0. The number of nitrogens with two attached hydrogens (primary N) is 4. The first-order chi connectivity index (χ1) is 23.5. The van der Waals surface area contributed by atoms with Crippen molar-refractivity contribution in [3.63, 3.8) is 0 Å². The van der Waals surface area contributed by atoms with Crippen molar-refractivity contribution in [3.05, 3.63) is 98.1 Å². The Hall–Kier alpha value is -1.28. The topological polar surface area (TPSA) is 120 Å². The number of nitrogen functional groups attached to an aromatic ring is 4. The summed E-state index contributed by atoms with van der Waals surface area (Å²) in [7, 11) is 0. The van der Waals surface area contributed by atoms with Crippen molar-refractivity contribution < 1.29 is 114 Å². The largest absolute Gasteiger partial charge is 1.00 e. The Morgan fingerprint density at radius 2 is 0.385 bits per heavy atom. The lowest BCUT2D eigenvalue weighted by Gasteiger charge is -2.01. The molecule has 8 nitrogen and oxygen atoms in total. The van der Waals surface area contributed by atoms with Crippen molar-refractivity contribution in [2.45, 2.75) is 129 Å². The van der Waals surface area contributed by atoms with Gasteiger partial charge < -0.3 is 119 Å². The molecule has 8 N–H and O–H groups in total. The monoisotopic (exact) mass is 1160 g/mol. The van der Waals surface area contributed by atoms with Gasteiger partial charge in [-0.2, -0.15) is 0 Å². The van der Waals surface area contributed by atoms with E-state index >= 15 is 0 Å². The van der Waals surface area contributed by atoms with Crippen molar-refractivity contribution in [2.24, 2.45) is 0 Å². The number of rotatable bonds is 22. The predicted octanol–water partition coefficient (Wildman–Crippen LogP) is -5.49. The first-order valence-corrected chi connectivity index (χ1v) is 18.5. The molecule has 0 amide bonds. The van der Waals surface area contributed by atoms with Gasteiger partial charge >= 0.3 is 0 Å². The van der Waals surface area contributed by atoms with Crippen LogP contribution in [0.4, 0.5) is 22.7 Å². The second-order valence-corrected chi connectivity index (χ2v) is 13.1. The van der Waals surface area contributed by atoms with E-state index in [0.717, 1.165) is 48.9 Å². The third-order valence-electron chi connectivity index (χ3n) is 8.83. The van der Waals surface area contributed by atoms with E-state index in [1.807, 2.05) is 48.5 Å². The van der Waals surface area contributed by atoms with E-state index in [-0.39, 0.29) is 95.9 Å². The molecular formula is C40H64I4N8. The number of hydrogen-bond acceptors (Lipinski definition) is 4. The summed E-state index contributed by atoms with van der Waals surface area (Å²) in [5.41, 5.74) is 26.1. The van der Waals surface area contributed by atoms with Crippen LogP contribution < -0.4 is 137 Å². The first kappa shape index (κ1) is 52.8. The molecule has 0 fully saturated rings. The average molecular weight is 1160 g/mol. The summed E-state index contributed by atoms with van der Waals surface area (Å²) < 4.78 is 8.85. The van der Waals surface area contributed by atoms with Gasteiger partial charge in [0.05, 0.1) is 0 Å². The Kier molecular flexibility index (Phi) is 34.8. The maximum Gasteiger partial charge on any atom is 0.170 e. The van der Waals surface area contributed by atoms with Gasteiger partial charge in [0.2, 0.25) is 0 Å². The van der Waals surface area contributed by atoms with Crippen LogP contribution in [0, 0.1) is 0 Å². The quantitative estimate of drug-likeness (QED) is 0.0358. The van der Waals surface area contributed by atoms with Crippen molar-refractivity contribution in [2.75, 3.05) is 22.9 Å². The summed E-state index contributed by atoms with van der Waals surface area (Å²) in [6, 6.07) is 15.7. The molecule has 52 heavy (non-hydrogen) atoms. The van der Waals surface area contributed by atoms with E-state index in [1.165, 1.54) is 103 Å². The molecule has 4 heterocycles. The van der Waals surface area contributed by atoms with Crippen LogP contribution in [0.5, 0.6) is 0 Å². The van der Waals surface area contributed by atoms with E-state index < -0.39 is 0 Å². The lowest BCUT2D eigenvalue weighted by atomic mass is 10.1. The van der Waals surface area contributed by atoms with E-state index in [1.54, 1.807) is 0 Å². The van der Waals surface area contributed by atoms with E-state index in [0.29, 0.717) is 0 Å². The van der Waals surface area contributed by atoms with Crippen molar-refractivity contribution in [1.82, 2.24) is 0 Å². The number of hydrogen-bond donors (Lipinski definition) is 4. The molecular weight excluding hydrogens is 1100 g/mol. The van der Waals surface area contributed by atoms with Gasteiger partial charge in [0, 0.05) is 97.0 Å². The Morgan fingerprint density at radius 3 is 0.538 bits per heavy atom. The molecule has 0 aromatic carbocycles. The highest BCUT2D eigenvalue weighted by Gasteiger charge is 2.03. The number of aromatic nitrogens is 4. The zero-order chi connectivity index (χ0) is 34.1. The lowest BCUT2D eigenvalue weighted by Crippen LogP contribution is -3.00. The SMILES string of the molecule is Nc1cc[n+](CCCCCCCCCC[n+]2ccc(N)cc2)cc1.Nc1cc[n+](CCCCCCCCCC[n+]2ccc(N)cc2)cc1.[I-].[I-].[I-].[I-]. The molecule has 0 aliphatic carbocycles. The number of pyridine rings is 4. The van der Waals surface area contributed by atoms with Crippen LogP contribution >= 0.6 is 0 Å². The molecule has 0 aliphatic heterocycles. The third-order valence-corrected chi connectivity index (χ3v) is 8.83. The van der Waals surface area contributed by atoms with E-state index in [9.17, 15) is 0 Å². The minimum atomic E-state index is 0. The molecule has 4 aromatic heterocycles. The lowest BCUT2D eigenvalue weighted by molar-refractivity contribution is -0.697. The number of halogens is 4. The average Bonchev–Trinajstić information content (AvgIpc) is 3.10. The van der Waals surface area contributed by atoms with Gasteiger partial charge in [-0.1, -0.05) is 51.4 Å². The molecule has 292 valence electrons.